The number of phosphoric acid groups is 4. The van der Waals surface area contributed by atoms with Gasteiger partial charge < -0.3 is 85.0 Å². The number of aliphatic hydroxyl groups excluding tert-OH is 3. The molecule has 7 unspecified atom stereocenters. The smallest absolute Gasteiger partial charge is 0.487 e. The summed E-state index contributed by atoms with van der Waals surface area (Å²) in [5.74, 6) is -0.687. The highest BCUT2D eigenvalue weighted by Crippen LogP contribution is 2.67. The molecule has 0 saturated carbocycles. The van der Waals surface area contributed by atoms with Gasteiger partial charge >= 0.3 is 29.1 Å². The van der Waals surface area contributed by atoms with Crippen LogP contribution in [0, 0.1) is 0 Å². The van der Waals surface area contributed by atoms with Gasteiger partial charge in [0.2, 0.25) is 17.7 Å². The van der Waals surface area contributed by atoms with Crippen molar-refractivity contribution in [2.45, 2.75) is 73.1 Å². The van der Waals surface area contributed by atoms with Crippen LogP contribution < -0.4 is 37.8 Å². The first-order valence-corrected chi connectivity index (χ1v) is 28.6. The Balaban J connectivity index is 0.818. The number of nitrogens with two attached hydrogens (primary N) is 3. The van der Waals surface area contributed by atoms with E-state index in [1.165, 1.54) is 34.2 Å². The molecule has 4 saturated heterocycles. The van der Waals surface area contributed by atoms with Crippen LogP contribution in [-0.2, 0) is 80.4 Å². The quantitative estimate of drug-likeness (QED) is 0.0172. The van der Waals surface area contributed by atoms with Gasteiger partial charge in [0.1, 0.15) is 66.3 Å². The van der Waals surface area contributed by atoms with Crippen molar-refractivity contribution in [3.8, 4) is 0 Å². The van der Waals surface area contributed by atoms with Crippen molar-refractivity contribution in [1.82, 2.24) is 53.6 Å². The molecule has 6 aromatic rings. The number of aromatic amines is 2. The largest absolute Gasteiger partial charge is 0.756 e. The molecule has 4 aliphatic rings. The first-order chi connectivity index (χ1) is 37.2. The monoisotopic (exact) mass is 1200 g/mol. The van der Waals surface area contributed by atoms with E-state index in [4.69, 9.17) is 63.7 Å². The molecular weight excluding hydrogens is 1150 g/mol. The molecule has 44 heteroatoms. The maximum Gasteiger partial charge on any atom is 0.487 e. The summed E-state index contributed by atoms with van der Waals surface area (Å²) in [6.07, 6.45) is -12.9. The third-order valence-electron chi connectivity index (χ3n) is 12.6. The molecule has 4 aliphatic heterocycles. The van der Waals surface area contributed by atoms with Crippen molar-refractivity contribution in [3.63, 3.8) is 0 Å². The second-order valence-corrected chi connectivity index (χ2v) is 23.8. The third kappa shape index (κ3) is 11.2. The summed E-state index contributed by atoms with van der Waals surface area (Å²) in [6, 6.07) is 0. The zero-order valence-electron chi connectivity index (χ0n) is 40.3. The molecule has 432 valence electrons. The zero-order chi connectivity index (χ0) is 56.7. The fourth-order valence-corrected chi connectivity index (χ4v) is 13.7. The number of nitrogens with zero attached hydrogens (tertiary/aromatic N) is 10. The minimum atomic E-state index is -6.28. The molecule has 4 fully saturated rings. The summed E-state index contributed by atoms with van der Waals surface area (Å²) >= 11 is 0. The number of aryl methyl sites for hydroxylation is 1. The maximum atomic E-state index is 13.8. The normalized spacial score (nSPS) is 31.0. The van der Waals surface area contributed by atoms with E-state index in [2.05, 4.69) is 48.5 Å². The number of nitrogen functional groups attached to an aromatic ring is 3. The van der Waals surface area contributed by atoms with Gasteiger partial charge in [-0.1, -0.05) is 4.98 Å². The summed E-state index contributed by atoms with van der Waals surface area (Å²) in [6.45, 7) is -4.25. The van der Waals surface area contributed by atoms with E-state index in [0.717, 1.165) is 23.5 Å². The Morgan fingerprint density at radius 3 is 2.25 bits per heavy atom. The molecule has 40 nitrogen and oxygen atoms in total. The minimum Gasteiger partial charge on any atom is -0.756 e. The highest BCUT2D eigenvalue weighted by molar-refractivity contribution is 7.66. The van der Waals surface area contributed by atoms with Crippen LogP contribution in [0.5, 0.6) is 0 Å². The van der Waals surface area contributed by atoms with E-state index < -0.39 is 142 Å². The van der Waals surface area contributed by atoms with Gasteiger partial charge in [-0.25, -0.2) is 42.5 Å². The van der Waals surface area contributed by atoms with E-state index >= 15 is 0 Å². The lowest BCUT2D eigenvalue weighted by molar-refractivity contribution is -0.745. The Labute approximate surface area is 438 Å². The number of rotatable bonds is 22. The van der Waals surface area contributed by atoms with Crippen molar-refractivity contribution in [2.75, 3.05) is 64.0 Å². The van der Waals surface area contributed by atoms with Gasteiger partial charge in [-0.15, -0.1) is 0 Å². The highest BCUT2D eigenvalue weighted by atomic mass is 31.3. The Hall–Kier alpha value is -5.19. The average Bonchev–Trinajstić information content (AvgIpc) is 4.45. The standard InChI is InChI=1S/C35H47N15O25P4/c1-47-12-50(27-17(47)29(55)46-34(38)44-27)31-20(53)21(65-4-3-64-2)14(71-31)6-68-77(58,59)74-79(62,63)75-78(60,61)69-8-35-7-66-22(32(72-35)48-10-41-15-24(36)39-9-40-25(15)48)23(35)73-76(56,57)67-5-13-18(51)19(52)30(70-13)49-11-42-16-26(49)43-33(37)45-28(16)54/h9-14,18-23,30-32,51-53H,3-8H2,1-2H3,(H11-,36,37,38,39,40,43,44,45,46,54,55,56,57,58,59,60,61,62,63)/t13-,14-,18?,19+,20?,21+,22+,23?,30-,31-,32-,35-/m1/s1. The Bertz CT molecular complexity index is 3620. The lowest BCUT2D eigenvalue weighted by Gasteiger charge is -2.32. The van der Waals surface area contributed by atoms with Gasteiger partial charge in [-0.05, 0) is 0 Å². The lowest BCUT2D eigenvalue weighted by atomic mass is 10.0. The van der Waals surface area contributed by atoms with Crippen LogP contribution in [0.15, 0.2) is 34.9 Å². The van der Waals surface area contributed by atoms with Crippen LogP contribution in [0.2, 0.25) is 0 Å². The number of aliphatic hydroxyl groups is 3. The average molecular weight is 1200 g/mol. The van der Waals surface area contributed by atoms with Crippen LogP contribution in [0.3, 0.4) is 0 Å². The van der Waals surface area contributed by atoms with Crippen LogP contribution in [0.25, 0.3) is 33.5 Å². The molecule has 0 spiro atoms. The third-order valence-corrected chi connectivity index (χ3v) is 17.8. The second-order valence-electron chi connectivity index (χ2n) is 17.8. The van der Waals surface area contributed by atoms with Gasteiger partial charge in [0, 0.05) is 7.11 Å². The fraction of sp³-hybridized carbons (Fsp3) is 0.571. The minimum absolute atomic E-state index is 0.00161. The van der Waals surface area contributed by atoms with Crippen molar-refractivity contribution in [3.05, 3.63) is 46.0 Å². The van der Waals surface area contributed by atoms with E-state index in [1.807, 2.05) is 0 Å². The summed E-state index contributed by atoms with van der Waals surface area (Å²) < 4.78 is 122. The van der Waals surface area contributed by atoms with E-state index in [-0.39, 0.29) is 64.4 Å². The molecule has 0 radical (unpaired) electrons. The number of aromatic nitrogens is 12. The predicted octanol–water partition coefficient (Wildman–Crippen LogP) is -4.92. The number of hydrogen-bond donors (Lipinski definition) is 11. The number of anilines is 3. The molecule has 16 atom stereocenters. The first-order valence-electron chi connectivity index (χ1n) is 22.7. The summed E-state index contributed by atoms with van der Waals surface area (Å²) in [4.78, 5) is 99.2. The number of methoxy groups -OCH3 is 1. The van der Waals surface area contributed by atoms with E-state index in [1.54, 1.807) is 0 Å². The number of H-pyrrole nitrogens is 2. The van der Waals surface area contributed by atoms with Gasteiger partial charge in [-0.3, -0.25) is 51.4 Å². The Morgan fingerprint density at radius 2 is 1.51 bits per heavy atom. The van der Waals surface area contributed by atoms with Gasteiger partial charge in [0.15, 0.2) is 41.4 Å². The molecule has 10 rings (SSSR count). The topological polar surface area (TPSA) is 563 Å². The zero-order valence-corrected chi connectivity index (χ0v) is 43.9. The van der Waals surface area contributed by atoms with Crippen molar-refractivity contribution >= 4 is 82.5 Å². The molecule has 0 amide bonds. The summed E-state index contributed by atoms with van der Waals surface area (Å²) in [7, 11) is -21.0. The molecular formula is C35H47N15O25P4. The molecule has 0 aliphatic carbocycles. The van der Waals surface area contributed by atoms with Crippen molar-refractivity contribution < 1.29 is 113 Å². The van der Waals surface area contributed by atoms with Crippen LogP contribution in [0.4, 0.5) is 17.7 Å². The van der Waals surface area contributed by atoms with E-state index in [9.17, 15) is 62.7 Å². The number of hydrogen-bond acceptors (Lipinski definition) is 31. The van der Waals surface area contributed by atoms with Gasteiger partial charge in [-0.2, -0.15) is 9.29 Å². The highest BCUT2D eigenvalue weighted by Gasteiger charge is 2.66. The maximum absolute atomic E-state index is 13.8. The first kappa shape index (κ1) is 57.1. The molecule has 14 N–H and O–H groups in total. The number of fused-ring (bicyclic) bond motifs is 5. The Kier molecular flexibility index (Phi) is 15.4. The SMILES string of the molecule is COCCO[C@@H]1C(O)[C@H]([n+]2cn(C)c3c(=O)[nH]c(N)nc32)O[C@@H]1COP(=O)([O-])OP(=O)(O)OP(=O)(O)OC[C@]12CO[C@@H](C1OP(=O)(O)OC[C@H]1O[C@@H](n3cnc4c(=O)[nH]c(N)nc43)[C@@H](O)C1O)[C@H](n1cnc3c(N)ncnc31)O2. The Morgan fingerprint density at radius 1 is 0.810 bits per heavy atom. The molecule has 6 aromatic heterocycles. The summed E-state index contributed by atoms with van der Waals surface area (Å²) in [5, 5.41) is 33.1. The van der Waals surface area contributed by atoms with Crippen molar-refractivity contribution in [2.24, 2.45) is 7.05 Å². The van der Waals surface area contributed by atoms with Crippen molar-refractivity contribution in [1.29, 1.82) is 0 Å². The number of ether oxygens (including phenoxy) is 6. The second kappa shape index (κ2) is 21.3. The van der Waals surface area contributed by atoms with Gasteiger partial charge in [0.05, 0.1) is 59.3 Å². The molecule has 0 aromatic carbocycles. The predicted molar refractivity (Wildman–Crippen MR) is 250 cm³/mol. The van der Waals surface area contributed by atoms with E-state index in [0.29, 0.717) is 0 Å². The van der Waals surface area contributed by atoms with Crippen LogP contribution >= 0.6 is 31.3 Å². The number of imidazole rings is 3. The number of phosphoric ester groups is 3. The lowest BCUT2D eigenvalue weighted by Crippen LogP contribution is -2.46. The van der Waals surface area contributed by atoms with Crippen LogP contribution in [0.1, 0.15) is 18.7 Å². The fourth-order valence-electron chi connectivity index (χ4n) is 9.19. The van der Waals surface area contributed by atoms with Crippen LogP contribution in [-0.4, -0.2) is 185 Å². The van der Waals surface area contributed by atoms with Gasteiger partial charge in [0.25, 0.3) is 24.9 Å². The molecule has 10 heterocycles. The summed E-state index contributed by atoms with van der Waals surface area (Å²) in [5.41, 5.74) is 13.4. The number of nitrogens with one attached hydrogen (secondary N) is 2. The molecule has 2 bridgehead atoms. The molecule has 79 heavy (non-hydrogen) atoms.